The summed E-state index contributed by atoms with van der Waals surface area (Å²) in [7, 11) is -1.34. The molecule has 1 aromatic heterocycles. The lowest BCUT2D eigenvalue weighted by Gasteiger charge is -2.38. The zero-order chi connectivity index (χ0) is 29.7. The molecule has 1 unspecified atom stereocenters. The van der Waals surface area contributed by atoms with E-state index in [1.807, 2.05) is 0 Å². The Morgan fingerprint density at radius 1 is 1.10 bits per heavy atom. The number of likely N-dealkylation sites (tertiary alicyclic amines) is 1. The summed E-state index contributed by atoms with van der Waals surface area (Å²) in [6.07, 6.45) is -1.70. The molecule has 2 saturated heterocycles. The molecule has 3 heterocycles. The lowest BCUT2D eigenvalue weighted by atomic mass is 9.87. The van der Waals surface area contributed by atoms with Crippen LogP contribution < -0.4 is 15.5 Å². The molecule has 4 rings (SSSR count). The van der Waals surface area contributed by atoms with E-state index < -0.39 is 27.6 Å². The minimum atomic E-state index is -4.66. The molecular formula is C26H37F4N7O2S. The van der Waals surface area contributed by atoms with Crippen molar-refractivity contribution >= 4 is 33.2 Å². The van der Waals surface area contributed by atoms with Crippen LogP contribution in [-0.2, 0) is 16.2 Å². The van der Waals surface area contributed by atoms with Gasteiger partial charge in [0, 0.05) is 55.2 Å². The molecule has 2 aliphatic rings. The Morgan fingerprint density at radius 2 is 1.75 bits per heavy atom. The van der Waals surface area contributed by atoms with Crippen molar-refractivity contribution in [2.24, 2.45) is 5.92 Å². The number of alkyl halides is 3. The Hall–Kier alpha value is -2.71. The number of halogens is 4. The summed E-state index contributed by atoms with van der Waals surface area (Å²) in [5.74, 6) is -0.528. The maximum Gasteiger partial charge on any atom is 0.418 e. The molecule has 0 bridgehead atoms. The van der Waals surface area contributed by atoms with E-state index in [0.717, 1.165) is 24.9 Å². The highest BCUT2D eigenvalue weighted by molar-refractivity contribution is 7.88. The van der Waals surface area contributed by atoms with Crippen LogP contribution in [0.5, 0.6) is 0 Å². The van der Waals surface area contributed by atoms with Gasteiger partial charge in [-0.25, -0.2) is 17.8 Å². The number of nitrogens with zero attached hydrogens (tertiary/aromatic N) is 5. The van der Waals surface area contributed by atoms with Gasteiger partial charge in [-0.2, -0.15) is 22.5 Å². The minimum absolute atomic E-state index is 0.0174. The Morgan fingerprint density at radius 3 is 2.30 bits per heavy atom. The van der Waals surface area contributed by atoms with Gasteiger partial charge in [0.15, 0.2) is 11.6 Å². The average Bonchev–Trinajstić information content (AvgIpc) is 3.02. The van der Waals surface area contributed by atoms with Gasteiger partial charge in [0.05, 0.1) is 18.0 Å². The maximum absolute atomic E-state index is 14.6. The second kappa shape index (κ2) is 10.6. The van der Waals surface area contributed by atoms with E-state index in [4.69, 9.17) is 0 Å². The van der Waals surface area contributed by atoms with Crippen molar-refractivity contribution in [3.05, 3.63) is 35.8 Å². The predicted octanol–water partition coefficient (Wildman–Crippen LogP) is 4.38. The summed E-state index contributed by atoms with van der Waals surface area (Å²) in [5.41, 5.74) is -0.977. The van der Waals surface area contributed by atoms with Crippen molar-refractivity contribution in [2.45, 2.75) is 51.4 Å². The average molecular weight is 588 g/mol. The monoisotopic (exact) mass is 587 g/mol. The van der Waals surface area contributed by atoms with Crippen LogP contribution in [0.4, 0.5) is 40.7 Å². The Labute approximate surface area is 233 Å². The van der Waals surface area contributed by atoms with Crippen LogP contribution in [0.3, 0.4) is 0 Å². The van der Waals surface area contributed by atoms with E-state index in [1.165, 1.54) is 21.3 Å². The lowest BCUT2D eigenvalue weighted by Crippen LogP contribution is -2.48. The molecule has 2 aromatic rings. The third-order valence-corrected chi connectivity index (χ3v) is 9.69. The molecule has 2 fully saturated rings. The van der Waals surface area contributed by atoms with Gasteiger partial charge in [-0.15, -0.1) is 0 Å². The molecule has 0 radical (unpaired) electrons. The first-order valence-electron chi connectivity index (χ1n) is 13.1. The molecule has 1 aromatic carbocycles. The number of rotatable bonds is 7. The van der Waals surface area contributed by atoms with Gasteiger partial charge >= 0.3 is 6.18 Å². The van der Waals surface area contributed by atoms with E-state index in [-0.39, 0.29) is 66.3 Å². The zero-order valence-corrected chi connectivity index (χ0v) is 24.4. The van der Waals surface area contributed by atoms with Gasteiger partial charge in [-0.3, -0.25) is 4.90 Å². The lowest BCUT2D eigenvalue weighted by molar-refractivity contribution is -0.137. The number of aromatic nitrogens is 2. The molecule has 2 N–H and O–H groups in total. The number of hydrogen-bond acceptors (Lipinski definition) is 8. The van der Waals surface area contributed by atoms with Crippen molar-refractivity contribution < 1.29 is 26.0 Å². The van der Waals surface area contributed by atoms with Gasteiger partial charge in [0.2, 0.25) is 16.0 Å². The second-order valence-corrected chi connectivity index (χ2v) is 13.7. The van der Waals surface area contributed by atoms with Gasteiger partial charge in [0.1, 0.15) is 0 Å². The topological polar surface area (TPSA) is 93.7 Å². The fraction of sp³-hybridized carbons (Fsp3) is 0.615. The highest BCUT2D eigenvalue weighted by Crippen LogP contribution is 2.44. The van der Waals surface area contributed by atoms with Gasteiger partial charge in [-0.1, -0.05) is 0 Å². The summed E-state index contributed by atoms with van der Waals surface area (Å²) < 4.78 is 81.5. The molecule has 222 valence electrons. The molecule has 9 nitrogen and oxygen atoms in total. The standard InChI is InChI=1S/C26H37F4N7O2S/c1-24(2)14-17(25(3,4)35(24)5)15-31-22-20(27)16-32-23(34-22)33-18-7-8-21(19(13-18)26(28,29)30)36-9-11-37(12-10-36)40(6,38)39/h7-8,13,16-17H,9-12,14-15H2,1-6H3,(H2,31,32,33,34). The van der Waals surface area contributed by atoms with Crippen LogP contribution in [0.2, 0.25) is 0 Å². The highest BCUT2D eigenvalue weighted by atomic mass is 32.2. The van der Waals surface area contributed by atoms with Gasteiger partial charge in [0.25, 0.3) is 0 Å². The third kappa shape index (κ3) is 6.28. The predicted molar refractivity (Wildman–Crippen MR) is 148 cm³/mol. The van der Waals surface area contributed by atoms with Crippen molar-refractivity contribution in [3.63, 3.8) is 0 Å². The number of benzene rings is 1. The van der Waals surface area contributed by atoms with Crippen molar-refractivity contribution in [3.8, 4) is 0 Å². The highest BCUT2D eigenvalue weighted by Gasteiger charge is 2.49. The summed E-state index contributed by atoms with van der Waals surface area (Å²) >= 11 is 0. The van der Waals surface area contributed by atoms with E-state index in [2.05, 4.69) is 60.2 Å². The van der Waals surface area contributed by atoms with Crippen LogP contribution in [-0.4, -0.2) is 84.7 Å². The largest absolute Gasteiger partial charge is 0.418 e. The van der Waals surface area contributed by atoms with Crippen LogP contribution in [0, 0.1) is 11.7 Å². The van der Waals surface area contributed by atoms with E-state index in [9.17, 15) is 26.0 Å². The normalized spacial score (nSPS) is 21.9. The first kappa shape index (κ1) is 30.3. The fourth-order valence-corrected chi connectivity index (χ4v) is 6.47. The maximum atomic E-state index is 14.6. The number of hydrogen-bond donors (Lipinski definition) is 2. The smallest absolute Gasteiger partial charge is 0.368 e. The zero-order valence-electron chi connectivity index (χ0n) is 23.6. The molecule has 2 aliphatic heterocycles. The summed E-state index contributed by atoms with van der Waals surface area (Å²) in [6, 6.07) is 3.76. The Bertz CT molecular complexity index is 1340. The van der Waals surface area contributed by atoms with E-state index in [0.29, 0.717) is 6.54 Å². The first-order chi connectivity index (χ1) is 18.4. The number of nitrogens with one attached hydrogen (secondary N) is 2. The van der Waals surface area contributed by atoms with Crippen LogP contribution >= 0.6 is 0 Å². The minimum Gasteiger partial charge on any atom is -0.368 e. The van der Waals surface area contributed by atoms with Crippen molar-refractivity contribution in [2.75, 3.05) is 61.6 Å². The first-order valence-corrected chi connectivity index (χ1v) is 14.9. The van der Waals surface area contributed by atoms with Crippen LogP contribution in [0.15, 0.2) is 24.4 Å². The Kier molecular flexibility index (Phi) is 8.02. The molecule has 0 amide bonds. The SMILES string of the molecule is CN1C(C)(C)CC(CNc2nc(Nc3ccc(N4CCN(S(C)(=O)=O)CC4)c(C(F)(F)F)c3)ncc2F)C1(C)C. The molecule has 0 saturated carbocycles. The second-order valence-electron chi connectivity index (χ2n) is 11.7. The molecule has 1 atom stereocenters. The van der Waals surface area contributed by atoms with Crippen LogP contribution in [0.1, 0.15) is 39.7 Å². The third-order valence-electron chi connectivity index (χ3n) is 8.38. The quantitative estimate of drug-likeness (QED) is 0.461. The fourth-order valence-electron chi connectivity index (χ4n) is 5.64. The van der Waals surface area contributed by atoms with Crippen molar-refractivity contribution in [1.29, 1.82) is 0 Å². The molecule has 0 spiro atoms. The van der Waals surface area contributed by atoms with Crippen LogP contribution in [0.25, 0.3) is 0 Å². The molecule has 0 aliphatic carbocycles. The van der Waals surface area contributed by atoms with Gasteiger partial charge in [-0.05, 0) is 65.3 Å². The van der Waals surface area contributed by atoms with E-state index >= 15 is 0 Å². The molecule has 40 heavy (non-hydrogen) atoms. The van der Waals surface area contributed by atoms with Crippen molar-refractivity contribution in [1.82, 2.24) is 19.2 Å². The molecule has 14 heteroatoms. The summed E-state index contributed by atoms with van der Waals surface area (Å²) in [4.78, 5) is 11.9. The number of sulfonamides is 1. The summed E-state index contributed by atoms with van der Waals surface area (Å²) in [5, 5.41) is 5.83. The van der Waals surface area contributed by atoms with E-state index in [1.54, 1.807) is 0 Å². The number of anilines is 4. The summed E-state index contributed by atoms with van der Waals surface area (Å²) in [6.45, 7) is 9.54. The van der Waals surface area contributed by atoms with Gasteiger partial charge < -0.3 is 15.5 Å². The molecular weight excluding hydrogens is 550 g/mol. The number of piperazine rings is 1. The Balaban J connectivity index is 1.50.